The number of aromatic amines is 1. The molecule has 2 aromatic carbocycles. The van der Waals surface area contributed by atoms with E-state index in [0.717, 1.165) is 41.1 Å². The number of hydrogen-bond acceptors (Lipinski definition) is 6. The standard InChI is InChI=1S/C28H34N4O4/c1-7-32(8-2)21-16-19-18(29-23(30-19)17-11-9-10-12-22(17)35-6)15-20(21)31-24(33)28-14-13-27(5,25(34)36-28)26(28,3)4/h9-12,15-16H,7-8,13-14H2,1-6H3,(H,29,30)(H,31,33). The van der Waals surface area contributed by atoms with Gasteiger partial charge in [-0.2, -0.15) is 0 Å². The Labute approximate surface area is 211 Å². The number of nitrogens with one attached hydrogen (secondary N) is 2. The van der Waals surface area contributed by atoms with Gasteiger partial charge >= 0.3 is 5.97 Å². The molecule has 1 saturated carbocycles. The second kappa shape index (κ2) is 8.25. The minimum Gasteiger partial charge on any atom is -0.496 e. The zero-order valence-corrected chi connectivity index (χ0v) is 21.8. The van der Waals surface area contributed by atoms with Crippen molar-refractivity contribution in [1.29, 1.82) is 0 Å². The van der Waals surface area contributed by atoms with E-state index in [1.54, 1.807) is 7.11 Å². The van der Waals surface area contributed by atoms with Crippen LogP contribution in [0.2, 0.25) is 0 Å². The van der Waals surface area contributed by atoms with Gasteiger partial charge < -0.3 is 24.7 Å². The molecule has 3 aromatic rings. The number of aromatic nitrogens is 2. The number of anilines is 2. The Balaban J connectivity index is 1.58. The van der Waals surface area contributed by atoms with E-state index in [-0.39, 0.29) is 11.9 Å². The number of nitrogens with zero attached hydrogens (tertiary/aromatic N) is 2. The lowest BCUT2D eigenvalue weighted by Crippen LogP contribution is -2.50. The number of rotatable bonds is 7. The van der Waals surface area contributed by atoms with Crippen molar-refractivity contribution in [2.45, 2.75) is 53.1 Å². The molecule has 2 N–H and O–H groups in total. The highest BCUT2D eigenvalue weighted by Crippen LogP contribution is 2.65. The predicted molar refractivity (Wildman–Crippen MR) is 140 cm³/mol. The molecule has 2 aliphatic rings. The van der Waals surface area contributed by atoms with E-state index < -0.39 is 16.4 Å². The molecule has 0 spiro atoms. The molecule has 1 aliphatic heterocycles. The number of hydrogen-bond donors (Lipinski definition) is 2. The molecule has 8 nitrogen and oxygen atoms in total. The summed E-state index contributed by atoms with van der Waals surface area (Å²) in [6.07, 6.45) is 1.15. The van der Waals surface area contributed by atoms with Crippen molar-refractivity contribution in [2.75, 3.05) is 30.4 Å². The molecule has 1 amide bonds. The summed E-state index contributed by atoms with van der Waals surface area (Å²) >= 11 is 0. The van der Waals surface area contributed by atoms with Crippen molar-refractivity contribution in [3.63, 3.8) is 0 Å². The first-order valence-electron chi connectivity index (χ1n) is 12.6. The van der Waals surface area contributed by atoms with Crippen LogP contribution in [0.1, 0.15) is 47.5 Å². The third-order valence-electron chi connectivity index (χ3n) is 8.76. The molecular weight excluding hydrogens is 456 g/mol. The zero-order valence-electron chi connectivity index (χ0n) is 21.8. The van der Waals surface area contributed by atoms with Gasteiger partial charge in [-0.05, 0) is 57.9 Å². The number of carbonyl (C=O) groups excluding carboxylic acids is 2. The van der Waals surface area contributed by atoms with E-state index in [2.05, 4.69) is 29.0 Å². The number of para-hydroxylation sites is 1. The molecular formula is C28H34N4O4. The Morgan fingerprint density at radius 2 is 1.89 bits per heavy atom. The van der Waals surface area contributed by atoms with Gasteiger partial charge in [-0.25, -0.2) is 4.98 Å². The molecule has 1 aromatic heterocycles. The Bertz CT molecular complexity index is 1360. The number of esters is 1. The van der Waals surface area contributed by atoms with Crippen LogP contribution in [0.5, 0.6) is 5.75 Å². The molecule has 0 radical (unpaired) electrons. The minimum absolute atomic E-state index is 0.282. The lowest BCUT2D eigenvalue weighted by molar-refractivity contribution is -0.165. The Hall–Kier alpha value is -3.55. The van der Waals surface area contributed by atoms with Crippen molar-refractivity contribution in [3.8, 4) is 17.1 Å². The van der Waals surface area contributed by atoms with Crippen molar-refractivity contribution in [2.24, 2.45) is 10.8 Å². The van der Waals surface area contributed by atoms with Crippen molar-refractivity contribution in [3.05, 3.63) is 36.4 Å². The van der Waals surface area contributed by atoms with Gasteiger partial charge in [0, 0.05) is 18.5 Å². The van der Waals surface area contributed by atoms with Crippen LogP contribution in [0, 0.1) is 10.8 Å². The van der Waals surface area contributed by atoms with Gasteiger partial charge in [0.2, 0.25) is 0 Å². The van der Waals surface area contributed by atoms with Crippen LogP contribution in [0.15, 0.2) is 36.4 Å². The maximum atomic E-state index is 13.8. The van der Waals surface area contributed by atoms with E-state index in [0.29, 0.717) is 24.4 Å². The Morgan fingerprint density at radius 3 is 2.50 bits per heavy atom. The topological polar surface area (TPSA) is 96.5 Å². The molecule has 2 fully saturated rings. The molecule has 2 atom stereocenters. The second-order valence-corrected chi connectivity index (χ2v) is 10.5. The van der Waals surface area contributed by atoms with Crippen LogP contribution in [-0.4, -0.2) is 47.6 Å². The quantitative estimate of drug-likeness (QED) is 0.445. The number of benzene rings is 2. The fourth-order valence-corrected chi connectivity index (χ4v) is 5.91. The summed E-state index contributed by atoms with van der Waals surface area (Å²) in [5.41, 5.74) is 1.49. The van der Waals surface area contributed by atoms with E-state index >= 15 is 0 Å². The molecule has 8 heteroatoms. The summed E-state index contributed by atoms with van der Waals surface area (Å²) in [4.78, 5) is 37.0. The molecule has 5 rings (SSSR count). The monoisotopic (exact) mass is 490 g/mol. The Morgan fingerprint density at radius 1 is 1.17 bits per heavy atom. The molecule has 1 aliphatic carbocycles. The van der Waals surface area contributed by atoms with Crippen LogP contribution in [-0.2, 0) is 14.3 Å². The number of imidazole rings is 1. The molecule has 2 heterocycles. The summed E-state index contributed by atoms with van der Waals surface area (Å²) in [5.74, 6) is 0.840. The summed E-state index contributed by atoms with van der Waals surface area (Å²) < 4.78 is 11.4. The first-order chi connectivity index (χ1) is 17.1. The van der Waals surface area contributed by atoms with Gasteiger partial charge in [-0.3, -0.25) is 9.59 Å². The van der Waals surface area contributed by atoms with Crippen molar-refractivity contribution >= 4 is 34.3 Å². The SMILES string of the molecule is CCN(CC)c1cc2[nH]c(-c3ccccc3OC)nc2cc1NC(=O)C12CCC(C)(C(=O)O1)C2(C)C. The average molecular weight is 491 g/mol. The molecule has 36 heavy (non-hydrogen) atoms. The number of ether oxygens (including phenoxy) is 2. The van der Waals surface area contributed by atoms with Gasteiger partial charge in [0.1, 0.15) is 11.6 Å². The van der Waals surface area contributed by atoms with Crippen LogP contribution in [0.3, 0.4) is 0 Å². The molecule has 190 valence electrons. The number of H-pyrrole nitrogens is 1. The second-order valence-electron chi connectivity index (χ2n) is 10.5. The molecule has 2 unspecified atom stereocenters. The van der Waals surface area contributed by atoms with Crippen LogP contribution < -0.4 is 15.0 Å². The van der Waals surface area contributed by atoms with Gasteiger partial charge in [-0.1, -0.05) is 26.0 Å². The number of amides is 1. The molecule has 2 bridgehead atoms. The highest BCUT2D eigenvalue weighted by Gasteiger charge is 2.75. The van der Waals surface area contributed by atoms with Crippen LogP contribution in [0.25, 0.3) is 22.4 Å². The van der Waals surface area contributed by atoms with E-state index in [4.69, 9.17) is 14.5 Å². The van der Waals surface area contributed by atoms with Gasteiger partial charge in [0.15, 0.2) is 5.60 Å². The van der Waals surface area contributed by atoms with E-state index in [9.17, 15) is 9.59 Å². The van der Waals surface area contributed by atoms with E-state index in [1.807, 2.05) is 57.2 Å². The first kappa shape index (κ1) is 24.2. The fourth-order valence-electron chi connectivity index (χ4n) is 5.91. The normalized spacial score (nSPS) is 24.1. The number of methoxy groups -OCH3 is 1. The minimum atomic E-state index is -1.19. The van der Waals surface area contributed by atoms with Crippen LogP contribution in [0.4, 0.5) is 11.4 Å². The number of carbonyl (C=O) groups is 2. The van der Waals surface area contributed by atoms with Crippen molar-refractivity contribution < 1.29 is 19.1 Å². The fraction of sp³-hybridized carbons (Fsp3) is 0.464. The molecule has 1 saturated heterocycles. The number of fused-ring (bicyclic) bond motifs is 3. The summed E-state index contributed by atoms with van der Waals surface area (Å²) in [6, 6.07) is 11.6. The highest BCUT2D eigenvalue weighted by molar-refractivity contribution is 6.06. The summed E-state index contributed by atoms with van der Waals surface area (Å²) in [6.45, 7) is 11.5. The Kier molecular flexibility index (Phi) is 5.54. The van der Waals surface area contributed by atoms with Crippen molar-refractivity contribution in [1.82, 2.24) is 9.97 Å². The van der Waals surface area contributed by atoms with Gasteiger partial charge in [0.05, 0.1) is 40.5 Å². The summed E-state index contributed by atoms with van der Waals surface area (Å²) in [7, 11) is 1.64. The van der Waals surface area contributed by atoms with E-state index in [1.165, 1.54) is 0 Å². The lowest BCUT2D eigenvalue weighted by Gasteiger charge is -2.35. The average Bonchev–Trinajstić information content (AvgIpc) is 3.41. The van der Waals surface area contributed by atoms with Gasteiger partial charge in [0.25, 0.3) is 5.91 Å². The van der Waals surface area contributed by atoms with Crippen LogP contribution >= 0.6 is 0 Å². The maximum Gasteiger partial charge on any atom is 0.313 e. The predicted octanol–water partition coefficient (Wildman–Crippen LogP) is 5.15. The maximum absolute atomic E-state index is 13.8. The summed E-state index contributed by atoms with van der Waals surface area (Å²) in [5, 5.41) is 3.14. The smallest absolute Gasteiger partial charge is 0.313 e. The third kappa shape index (κ3) is 3.16. The van der Waals surface area contributed by atoms with Gasteiger partial charge in [-0.15, -0.1) is 0 Å². The third-order valence-corrected chi connectivity index (χ3v) is 8.76. The largest absolute Gasteiger partial charge is 0.496 e. The highest BCUT2D eigenvalue weighted by atomic mass is 16.6. The lowest BCUT2D eigenvalue weighted by atomic mass is 9.66. The first-order valence-corrected chi connectivity index (χ1v) is 12.6. The zero-order chi connectivity index (χ0) is 25.9.